The molecule has 0 atom stereocenters. The first-order chi connectivity index (χ1) is 33.5. The summed E-state index contributed by atoms with van der Waals surface area (Å²) in [5, 5.41) is 2.48. The van der Waals surface area contributed by atoms with Gasteiger partial charge < -0.3 is 9.47 Å². The summed E-state index contributed by atoms with van der Waals surface area (Å²) in [6.07, 6.45) is 0. The number of nitrogens with zero attached hydrogens (tertiary/aromatic N) is 2. The highest BCUT2D eigenvalue weighted by Gasteiger charge is 2.38. The molecule has 10 aromatic rings. The number of hydrogen-bond acceptors (Lipinski definition) is 1. The molecule has 0 saturated carbocycles. The highest BCUT2D eigenvalue weighted by molar-refractivity contribution is 6.17. The van der Waals surface area contributed by atoms with E-state index in [2.05, 4.69) is 273 Å². The first-order valence-corrected chi connectivity index (χ1v) is 25.2. The van der Waals surface area contributed by atoms with Gasteiger partial charge in [0, 0.05) is 44.2 Å². The maximum absolute atomic E-state index is 2.59. The molecule has 0 N–H and O–H groups in total. The molecule has 2 aliphatic carbocycles. The van der Waals surface area contributed by atoms with Gasteiger partial charge in [0.15, 0.2) is 0 Å². The van der Waals surface area contributed by atoms with Crippen LogP contribution in [0.3, 0.4) is 0 Å². The Morgan fingerprint density at radius 3 is 1.44 bits per heavy atom. The zero-order valence-corrected chi connectivity index (χ0v) is 42.4. The van der Waals surface area contributed by atoms with Gasteiger partial charge in [0.25, 0.3) is 0 Å². The van der Waals surface area contributed by atoms with E-state index in [0.717, 1.165) is 22.7 Å². The van der Waals surface area contributed by atoms with Gasteiger partial charge in [-0.3, -0.25) is 0 Å². The van der Waals surface area contributed by atoms with E-state index >= 15 is 0 Å². The van der Waals surface area contributed by atoms with Crippen LogP contribution in [0.4, 0.5) is 17.1 Å². The van der Waals surface area contributed by atoms with E-state index in [-0.39, 0.29) is 21.7 Å². The van der Waals surface area contributed by atoms with Crippen LogP contribution < -0.4 is 4.90 Å². The lowest BCUT2D eigenvalue weighted by atomic mass is 9.78. The van der Waals surface area contributed by atoms with Gasteiger partial charge in [0.2, 0.25) is 0 Å². The molecule has 0 spiro atoms. The summed E-state index contributed by atoms with van der Waals surface area (Å²) in [6, 6.07) is 73.8. The number of rotatable bonds is 6. The number of anilines is 3. The molecule has 12 rings (SSSR count). The van der Waals surface area contributed by atoms with E-state index in [9.17, 15) is 0 Å². The number of para-hydroxylation sites is 2. The molecule has 2 heteroatoms. The van der Waals surface area contributed by atoms with Gasteiger partial charge in [-0.15, -0.1) is 0 Å². The molecule has 0 saturated heterocycles. The van der Waals surface area contributed by atoms with E-state index < -0.39 is 0 Å². The number of benzene rings is 9. The van der Waals surface area contributed by atoms with Crippen LogP contribution in [-0.2, 0) is 21.7 Å². The summed E-state index contributed by atoms with van der Waals surface area (Å²) in [7, 11) is 0. The molecule has 0 fully saturated rings. The van der Waals surface area contributed by atoms with E-state index in [1.165, 1.54) is 99.7 Å². The van der Waals surface area contributed by atoms with Gasteiger partial charge in [0.05, 0.1) is 16.7 Å². The molecule has 344 valence electrons. The lowest BCUT2D eigenvalue weighted by Gasteiger charge is -2.32. The van der Waals surface area contributed by atoms with Crippen LogP contribution in [0.1, 0.15) is 103 Å². The van der Waals surface area contributed by atoms with E-state index in [1.807, 2.05) is 0 Å². The average Bonchev–Trinajstić information content (AvgIpc) is 3.90. The number of fused-ring (bicyclic) bond motifs is 9. The highest BCUT2D eigenvalue weighted by Crippen LogP contribution is 2.55. The lowest BCUT2D eigenvalue weighted by Crippen LogP contribution is -2.18. The third kappa shape index (κ3) is 6.74. The smallest absolute Gasteiger partial charge is 0.0547 e. The van der Waals surface area contributed by atoms with Crippen LogP contribution in [0.5, 0.6) is 0 Å². The third-order valence-corrected chi connectivity index (χ3v) is 15.9. The second kappa shape index (κ2) is 15.5. The Balaban J connectivity index is 1.19. The minimum atomic E-state index is -0.179. The molecule has 1 heterocycles. The Bertz CT molecular complexity index is 3590. The Morgan fingerprint density at radius 2 is 0.857 bits per heavy atom. The van der Waals surface area contributed by atoms with Gasteiger partial charge >= 0.3 is 0 Å². The molecule has 0 unspecified atom stereocenters. The van der Waals surface area contributed by atoms with Crippen LogP contribution in [0, 0.1) is 0 Å². The second-order valence-electron chi connectivity index (χ2n) is 23.1. The summed E-state index contributed by atoms with van der Waals surface area (Å²) < 4.78 is 2.44. The molecule has 0 radical (unpaired) electrons. The van der Waals surface area contributed by atoms with Crippen molar-refractivity contribution in [3.63, 3.8) is 0 Å². The summed E-state index contributed by atoms with van der Waals surface area (Å²) in [4.78, 5) is 2.59. The van der Waals surface area contributed by atoms with E-state index in [1.54, 1.807) is 0 Å². The topological polar surface area (TPSA) is 8.17 Å². The van der Waals surface area contributed by atoms with Crippen molar-refractivity contribution in [3.8, 4) is 50.2 Å². The van der Waals surface area contributed by atoms with Gasteiger partial charge in [-0.05, 0) is 138 Å². The van der Waals surface area contributed by atoms with Crippen molar-refractivity contribution in [2.24, 2.45) is 0 Å². The van der Waals surface area contributed by atoms with Crippen LogP contribution in [0.2, 0.25) is 0 Å². The molecule has 70 heavy (non-hydrogen) atoms. The Kier molecular flexibility index (Phi) is 9.73. The van der Waals surface area contributed by atoms with Crippen molar-refractivity contribution in [1.29, 1.82) is 0 Å². The molecule has 0 aliphatic heterocycles. The molecule has 2 aliphatic rings. The van der Waals surface area contributed by atoms with Gasteiger partial charge in [-0.1, -0.05) is 209 Å². The number of aromatic nitrogens is 1. The fourth-order valence-electron chi connectivity index (χ4n) is 12.0. The Morgan fingerprint density at radius 1 is 0.371 bits per heavy atom. The first-order valence-electron chi connectivity index (χ1n) is 25.2. The van der Waals surface area contributed by atoms with Gasteiger partial charge in [-0.25, -0.2) is 0 Å². The van der Waals surface area contributed by atoms with E-state index in [0.29, 0.717) is 0 Å². The van der Waals surface area contributed by atoms with Crippen LogP contribution in [-0.4, -0.2) is 4.57 Å². The standard InChI is InChI=1S/C68H62N2/c1-65(2,3)45-37-44(38-46(40-45)66(4,5)6)43-31-34-54(55-26-20-30-62-64(55)56-25-16-19-29-61(56)70(62)47-21-12-11-13-22-47)63(39-43)69(48-32-35-52-50-23-14-17-27-57(50)67(7,8)59(52)41-48)49-33-36-53-51-24-15-18-28-58(51)68(9,10)60(53)42-49/h11-42H,1-10H3. The summed E-state index contributed by atoms with van der Waals surface area (Å²) in [6.45, 7) is 23.6. The maximum Gasteiger partial charge on any atom is 0.0547 e. The van der Waals surface area contributed by atoms with Gasteiger partial charge in [-0.2, -0.15) is 0 Å². The van der Waals surface area contributed by atoms with E-state index in [4.69, 9.17) is 0 Å². The SMILES string of the molecule is CC(C)(C)c1cc(-c2ccc(-c3cccc4c3c3ccccc3n4-c3ccccc3)c(N(c3ccc4c(c3)C(C)(C)c3ccccc3-4)c3ccc4c(c3)C(C)(C)c3ccccc3-4)c2)cc(C(C)(C)C)c1. The monoisotopic (exact) mass is 906 g/mol. The normalized spacial score (nSPS) is 14.4. The molecule has 0 bridgehead atoms. The summed E-state index contributed by atoms with van der Waals surface area (Å²) >= 11 is 0. The van der Waals surface area contributed by atoms with Crippen LogP contribution in [0.15, 0.2) is 194 Å². The molecule has 2 nitrogen and oxygen atoms in total. The summed E-state index contributed by atoms with van der Waals surface area (Å²) in [5.41, 5.74) is 24.8. The first kappa shape index (κ1) is 43.8. The third-order valence-electron chi connectivity index (χ3n) is 15.9. The molecule has 0 amide bonds. The molecular weight excluding hydrogens is 845 g/mol. The molecular formula is C68H62N2. The maximum atomic E-state index is 2.59. The fraction of sp³-hybridized carbons (Fsp3) is 0.206. The zero-order valence-electron chi connectivity index (χ0n) is 42.4. The lowest BCUT2D eigenvalue weighted by molar-refractivity contribution is 0.569. The van der Waals surface area contributed by atoms with Crippen LogP contribution >= 0.6 is 0 Å². The van der Waals surface area contributed by atoms with Gasteiger partial charge in [0.1, 0.15) is 0 Å². The molecule has 9 aromatic carbocycles. The molecule has 1 aromatic heterocycles. The largest absolute Gasteiger partial charge is 0.310 e. The van der Waals surface area contributed by atoms with Crippen molar-refractivity contribution in [3.05, 3.63) is 228 Å². The summed E-state index contributed by atoms with van der Waals surface area (Å²) in [5.74, 6) is 0. The van der Waals surface area contributed by atoms with Crippen molar-refractivity contribution >= 4 is 38.9 Å². The minimum absolute atomic E-state index is 0.0307. The van der Waals surface area contributed by atoms with Crippen molar-refractivity contribution in [1.82, 2.24) is 4.57 Å². The van der Waals surface area contributed by atoms with Crippen molar-refractivity contribution in [2.75, 3.05) is 4.90 Å². The van der Waals surface area contributed by atoms with Crippen molar-refractivity contribution < 1.29 is 0 Å². The predicted octanol–water partition coefficient (Wildman–Crippen LogP) is 18.8. The number of hydrogen-bond donors (Lipinski definition) is 0. The van der Waals surface area contributed by atoms with Crippen molar-refractivity contribution in [2.45, 2.75) is 90.9 Å². The quantitative estimate of drug-likeness (QED) is 0.161. The Hall–Kier alpha value is -7.42. The Labute approximate surface area is 414 Å². The minimum Gasteiger partial charge on any atom is -0.310 e. The second-order valence-corrected chi connectivity index (χ2v) is 23.1. The fourth-order valence-corrected chi connectivity index (χ4v) is 12.0. The van der Waals surface area contributed by atoms with Crippen LogP contribution in [0.25, 0.3) is 72.0 Å². The predicted molar refractivity (Wildman–Crippen MR) is 299 cm³/mol. The average molecular weight is 907 g/mol. The zero-order chi connectivity index (χ0) is 48.5. The highest BCUT2D eigenvalue weighted by atomic mass is 15.1.